The van der Waals surface area contributed by atoms with Crippen molar-refractivity contribution in [1.29, 1.82) is 0 Å². The van der Waals surface area contributed by atoms with Gasteiger partial charge in [-0.15, -0.1) is 0 Å². The number of para-hydroxylation sites is 1. The third kappa shape index (κ3) is 6.20. The smallest absolute Gasteiger partial charge is 0.342 e. The van der Waals surface area contributed by atoms with Gasteiger partial charge in [-0.05, 0) is 50.6 Å². The van der Waals surface area contributed by atoms with Gasteiger partial charge in [-0.3, -0.25) is 4.79 Å². The fraction of sp³-hybridized carbons (Fsp3) is 0.300. The van der Waals surface area contributed by atoms with E-state index in [0.717, 1.165) is 5.56 Å². The van der Waals surface area contributed by atoms with Crippen LogP contribution < -0.4 is 10.1 Å². The van der Waals surface area contributed by atoms with Crippen LogP contribution in [0.2, 0.25) is 0 Å². The minimum absolute atomic E-state index is 0.176. The third-order valence-corrected chi connectivity index (χ3v) is 3.26. The molecule has 0 bridgehead atoms. The van der Waals surface area contributed by atoms with Crippen molar-refractivity contribution in [2.75, 3.05) is 6.61 Å². The summed E-state index contributed by atoms with van der Waals surface area (Å²) in [5.74, 6) is -1.02. The Hall–Kier alpha value is -2.89. The molecule has 2 aromatic carbocycles. The van der Waals surface area contributed by atoms with Gasteiger partial charge in [0.15, 0.2) is 6.61 Å². The maximum Gasteiger partial charge on any atom is 0.342 e. The second-order valence-corrected chi connectivity index (χ2v) is 6.79. The first kappa shape index (κ1) is 19.4. The standard InChI is InChI=1S/C20H22FNO4/c1-20(2,3)22-18(23)13-26-19(24)16-6-4-5-7-17(16)25-12-14-8-10-15(21)11-9-14/h4-11H,12-13H2,1-3H3,(H,22,23). The lowest BCUT2D eigenvalue weighted by molar-refractivity contribution is -0.125. The number of nitrogens with one attached hydrogen (secondary N) is 1. The highest BCUT2D eigenvalue weighted by Crippen LogP contribution is 2.20. The first-order chi connectivity index (χ1) is 12.2. The molecule has 0 saturated carbocycles. The normalized spacial score (nSPS) is 10.9. The molecule has 0 spiro atoms. The van der Waals surface area contributed by atoms with E-state index >= 15 is 0 Å². The molecule has 0 aliphatic carbocycles. The SMILES string of the molecule is CC(C)(C)NC(=O)COC(=O)c1ccccc1OCc1ccc(F)cc1. The van der Waals surface area contributed by atoms with Crippen molar-refractivity contribution in [3.63, 3.8) is 0 Å². The molecule has 1 N–H and O–H groups in total. The van der Waals surface area contributed by atoms with E-state index in [1.807, 2.05) is 20.8 Å². The Labute approximate surface area is 152 Å². The summed E-state index contributed by atoms with van der Waals surface area (Å²) in [6, 6.07) is 12.5. The second-order valence-electron chi connectivity index (χ2n) is 6.79. The van der Waals surface area contributed by atoms with Crippen LogP contribution in [0.25, 0.3) is 0 Å². The number of amides is 1. The van der Waals surface area contributed by atoms with Crippen LogP contribution in [0, 0.1) is 5.82 Å². The quantitative estimate of drug-likeness (QED) is 0.802. The van der Waals surface area contributed by atoms with Gasteiger partial charge in [0.05, 0.1) is 0 Å². The highest BCUT2D eigenvalue weighted by atomic mass is 19.1. The van der Waals surface area contributed by atoms with Gasteiger partial charge in [0.1, 0.15) is 23.7 Å². The first-order valence-corrected chi connectivity index (χ1v) is 8.19. The maximum absolute atomic E-state index is 12.9. The molecule has 0 aliphatic rings. The molecule has 6 heteroatoms. The van der Waals surface area contributed by atoms with E-state index in [4.69, 9.17) is 9.47 Å². The van der Waals surface area contributed by atoms with Gasteiger partial charge in [0.25, 0.3) is 5.91 Å². The van der Waals surface area contributed by atoms with Gasteiger partial charge >= 0.3 is 5.97 Å². The molecule has 2 aromatic rings. The fourth-order valence-electron chi connectivity index (χ4n) is 2.17. The highest BCUT2D eigenvalue weighted by molar-refractivity contribution is 5.94. The molecule has 0 aliphatic heterocycles. The van der Waals surface area contributed by atoms with Gasteiger partial charge in [-0.2, -0.15) is 0 Å². The number of hydrogen-bond donors (Lipinski definition) is 1. The van der Waals surface area contributed by atoms with E-state index in [2.05, 4.69) is 5.32 Å². The van der Waals surface area contributed by atoms with Crippen LogP contribution in [0.3, 0.4) is 0 Å². The van der Waals surface area contributed by atoms with Gasteiger partial charge < -0.3 is 14.8 Å². The Morgan fingerprint density at radius 3 is 2.35 bits per heavy atom. The van der Waals surface area contributed by atoms with E-state index in [1.165, 1.54) is 12.1 Å². The van der Waals surface area contributed by atoms with Crippen molar-refractivity contribution >= 4 is 11.9 Å². The molecule has 0 saturated heterocycles. The summed E-state index contributed by atoms with van der Waals surface area (Å²) in [7, 11) is 0. The van der Waals surface area contributed by atoms with Crippen molar-refractivity contribution < 1.29 is 23.5 Å². The minimum Gasteiger partial charge on any atom is -0.488 e. The predicted octanol–water partition coefficient (Wildman–Crippen LogP) is 3.48. The molecule has 0 aromatic heterocycles. The van der Waals surface area contributed by atoms with E-state index in [0.29, 0.717) is 5.75 Å². The van der Waals surface area contributed by atoms with Crippen LogP contribution in [-0.4, -0.2) is 24.0 Å². The van der Waals surface area contributed by atoms with Crippen LogP contribution in [-0.2, 0) is 16.1 Å². The van der Waals surface area contributed by atoms with Gasteiger partial charge in [-0.25, -0.2) is 9.18 Å². The second kappa shape index (κ2) is 8.47. The topological polar surface area (TPSA) is 64.6 Å². The summed E-state index contributed by atoms with van der Waals surface area (Å²) < 4.78 is 23.6. The molecule has 0 unspecified atom stereocenters. The first-order valence-electron chi connectivity index (χ1n) is 8.19. The Kier molecular flexibility index (Phi) is 6.33. The summed E-state index contributed by atoms with van der Waals surface area (Å²) in [4.78, 5) is 24.0. The number of hydrogen-bond acceptors (Lipinski definition) is 4. The summed E-state index contributed by atoms with van der Waals surface area (Å²) in [5, 5.41) is 2.71. The molecule has 138 valence electrons. The number of carbonyl (C=O) groups is 2. The van der Waals surface area contributed by atoms with Gasteiger partial charge in [0.2, 0.25) is 0 Å². The zero-order chi connectivity index (χ0) is 19.2. The molecule has 0 radical (unpaired) electrons. The Morgan fingerprint density at radius 1 is 1.04 bits per heavy atom. The molecule has 0 heterocycles. The molecule has 2 rings (SSSR count). The Bertz CT molecular complexity index is 766. The average Bonchev–Trinajstić information content (AvgIpc) is 2.58. The van der Waals surface area contributed by atoms with Crippen LogP contribution in [0.4, 0.5) is 4.39 Å². The molecule has 0 atom stereocenters. The van der Waals surface area contributed by atoms with E-state index < -0.39 is 11.5 Å². The largest absolute Gasteiger partial charge is 0.488 e. The van der Waals surface area contributed by atoms with Crippen LogP contribution in [0.1, 0.15) is 36.7 Å². The van der Waals surface area contributed by atoms with Crippen molar-refractivity contribution in [2.45, 2.75) is 32.9 Å². The lowest BCUT2D eigenvalue weighted by Crippen LogP contribution is -2.42. The molecular formula is C20H22FNO4. The zero-order valence-electron chi connectivity index (χ0n) is 15.0. The average molecular weight is 359 g/mol. The molecule has 5 nitrogen and oxygen atoms in total. The zero-order valence-corrected chi connectivity index (χ0v) is 15.0. The van der Waals surface area contributed by atoms with Crippen LogP contribution in [0.15, 0.2) is 48.5 Å². The van der Waals surface area contributed by atoms with Gasteiger partial charge in [0, 0.05) is 5.54 Å². The molecular weight excluding hydrogens is 337 g/mol. The Balaban J connectivity index is 1.97. The van der Waals surface area contributed by atoms with E-state index in [1.54, 1.807) is 36.4 Å². The van der Waals surface area contributed by atoms with Crippen LogP contribution >= 0.6 is 0 Å². The monoisotopic (exact) mass is 359 g/mol. The number of ether oxygens (including phenoxy) is 2. The number of halogens is 1. The number of benzene rings is 2. The van der Waals surface area contributed by atoms with Crippen molar-refractivity contribution in [3.05, 3.63) is 65.5 Å². The predicted molar refractivity (Wildman–Crippen MR) is 95.4 cm³/mol. The van der Waals surface area contributed by atoms with Crippen molar-refractivity contribution in [2.24, 2.45) is 0 Å². The fourth-order valence-corrected chi connectivity index (χ4v) is 2.17. The third-order valence-electron chi connectivity index (χ3n) is 3.26. The van der Waals surface area contributed by atoms with Crippen molar-refractivity contribution in [3.8, 4) is 5.75 Å². The Morgan fingerprint density at radius 2 is 1.69 bits per heavy atom. The summed E-state index contributed by atoms with van der Waals surface area (Å²) in [6.07, 6.45) is 0. The summed E-state index contributed by atoms with van der Waals surface area (Å²) >= 11 is 0. The molecule has 0 fully saturated rings. The van der Waals surface area contributed by atoms with Crippen LogP contribution in [0.5, 0.6) is 5.75 Å². The number of carbonyl (C=O) groups excluding carboxylic acids is 2. The molecule has 26 heavy (non-hydrogen) atoms. The maximum atomic E-state index is 12.9. The summed E-state index contributed by atoms with van der Waals surface area (Å²) in [5.41, 5.74) is 0.580. The summed E-state index contributed by atoms with van der Waals surface area (Å²) in [6.45, 7) is 5.32. The molecule has 1 amide bonds. The minimum atomic E-state index is -0.649. The lowest BCUT2D eigenvalue weighted by Gasteiger charge is -2.20. The van der Waals surface area contributed by atoms with E-state index in [-0.39, 0.29) is 30.5 Å². The lowest BCUT2D eigenvalue weighted by atomic mass is 10.1. The number of rotatable bonds is 6. The van der Waals surface area contributed by atoms with E-state index in [9.17, 15) is 14.0 Å². The highest BCUT2D eigenvalue weighted by Gasteiger charge is 2.18. The van der Waals surface area contributed by atoms with Gasteiger partial charge in [-0.1, -0.05) is 24.3 Å². The van der Waals surface area contributed by atoms with Crippen molar-refractivity contribution in [1.82, 2.24) is 5.32 Å². The number of esters is 1.